The lowest BCUT2D eigenvalue weighted by atomic mass is 9.84. The van der Waals surface area contributed by atoms with Crippen LogP contribution in [0.3, 0.4) is 0 Å². The Morgan fingerprint density at radius 3 is 2.43 bits per heavy atom. The largest absolute Gasteiger partial charge is 0.493 e. The van der Waals surface area contributed by atoms with Crippen molar-refractivity contribution < 1.29 is 14.3 Å². The fraction of sp³-hybridized carbons (Fsp3) is 0.480. The number of methoxy groups -OCH3 is 1. The molecule has 2 aromatic carbocycles. The normalized spacial score (nSPS) is 20.1. The van der Waals surface area contributed by atoms with Crippen molar-refractivity contribution in [2.24, 2.45) is 0 Å². The number of carbonyl (C=O) groups is 1. The van der Waals surface area contributed by atoms with Crippen LogP contribution >= 0.6 is 0 Å². The minimum Gasteiger partial charge on any atom is -0.493 e. The van der Waals surface area contributed by atoms with Crippen LogP contribution in [0.4, 0.5) is 5.69 Å². The predicted octanol–water partition coefficient (Wildman–Crippen LogP) is 5.08. The smallest absolute Gasteiger partial charge is 0.255 e. The first-order chi connectivity index (χ1) is 14.6. The average molecular weight is 409 g/mol. The van der Waals surface area contributed by atoms with Gasteiger partial charge in [-0.1, -0.05) is 31.4 Å². The van der Waals surface area contributed by atoms with Crippen LogP contribution in [0.25, 0.3) is 0 Å². The van der Waals surface area contributed by atoms with Crippen molar-refractivity contribution in [2.75, 3.05) is 32.6 Å². The van der Waals surface area contributed by atoms with Crippen molar-refractivity contribution in [3.8, 4) is 11.5 Å². The lowest BCUT2D eigenvalue weighted by Gasteiger charge is -2.22. The molecule has 2 fully saturated rings. The number of hydrogen-bond donors (Lipinski definition) is 1. The van der Waals surface area contributed by atoms with Crippen molar-refractivity contribution in [1.82, 2.24) is 4.90 Å². The van der Waals surface area contributed by atoms with Crippen molar-refractivity contribution in [2.45, 2.75) is 50.5 Å². The Bertz CT molecular complexity index is 859. The molecule has 0 aromatic heterocycles. The molecule has 1 unspecified atom stereocenters. The summed E-state index contributed by atoms with van der Waals surface area (Å²) in [7, 11) is 3.72. The molecule has 5 nitrogen and oxygen atoms in total. The van der Waals surface area contributed by atoms with Crippen molar-refractivity contribution in [1.29, 1.82) is 0 Å². The number of likely N-dealkylation sites (N-methyl/N-ethyl adjacent to an activating group) is 1. The number of benzene rings is 2. The summed E-state index contributed by atoms with van der Waals surface area (Å²) in [4.78, 5) is 15.0. The molecule has 1 atom stereocenters. The van der Waals surface area contributed by atoms with E-state index >= 15 is 0 Å². The number of hydrogen-bond acceptors (Lipinski definition) is 4. The minimum atomic E-state index is -0.113. The number of nitrogens with one attached hydrogen (secondary N) is 1. The maximum absolute atomic E-state index is 12.7. The molecular formula is C25H32N2O3. The molecule has 1 saturated heterocycles. The molecule has 1 heterocycles. The van der Waals surface area contributed by atoms with Crippen LogP contribution in [0.15, 0.2) is 42.5 Å². The van der Waals surface area contributed by atoms with E-state index in [0.717, 1.165) is 19.5 Å². The zero-order valence-corrected chi connectivity index (χ0v) is 18.0. The van der Waals surface area contributed by atoms with Gasteiger partial charge in [0.2, 0.25) is 0 Å². The van der Waals surface area contributed by atoms with Gasteiger partial charge in [-0.2, -0.15) is 0 Å². The summed E-state index contributed by atoms with van der Waals surface area (Å²) < 4.78 is 11.6. The molecule has 1 N–H and O–H groups in total. The van der Waals surface area contributed by atoms with Crippen LogP contribution < -0.4 is 14.8 Å². The van der Waals surface area contributed by atoms with E-state index in [2.05, 4.69) is 29.4 Å². The molecule has 160 valence electrons. The molecular weight excluding hydrogens is 376 g/mol. The Morgan fingerprint density at radius 1 is 1.00 bits per heavy atom. The van der Waals surface area contributed by atoms with E-state index in [1.807, 2.05) is 30.3 Å². The van der Waals surface area contributed by atoms with Crippen LogP contribution in [0, 0.1) is 0 Å². The van der Waals surface area contributed by atoms with Crippen molar-refractivity contribution in [3.05, 3.63) is 53.6 Å². The Morgan fingerprint density at radius 2 is 1.77 bits per heavy atom. The molecule has 30 heavy (non-hydrogen) atoms. The van der Waals surface area contributed by atoms with Gasteiger partial charge in [-0.25, -0.2) is 0 Å². The number of ether oxygens (including phenoxy) is 2. The highest BCUT2D eigenvalue weighted by Crippen LogP contribution is 2.34. The summed E-state index contributed by atoms with van der Waals surface area (Å²) in [6.07, 6.45) is 7.68. The van der Waals surface area contributed by atoms with Crippen molar-refractivity contribution >= 4 is 11.6 Å². The molecule has 0 spiro atoms. The van der Waals surface area contributed by atoms with Gasteiger partial charge in [0.25, 0.3) is 5.91 Å². The van der Waals surface area contributed by atoms with E-state index in [9.17, 15) is 4.79 Å². The second kappa shape index (κ2) is 9.52. The first-order valence-corrected chi connectivity index (χ1v) is 11.1. The molecule has 0 bridgehead atoms. The SMILES string of the molecule is COc1cc(NC(=O)c2ccc(C3CCCCC3)cc2)ccc1OC1CCN(C)C1. The summed E-state index contributed by atoms with van der Waals surface area (Å²) in [6.45, 7) is 1.96. The maximum atomic E-state index is 12.7. The summed E-state index contributed by atoms with van der Waals surface area (Å²) >= 11 is 0. The lowest BCUT2D eigenvalue weighted by molar-refractivity contribution is 0.102. The maximum Gasteiger partial charge on any atom is 0.255 e. The van der Waals surface area contributed by atoms with Gasteiger partial charge in [-0.15, -0.1) is 0 Å². The molecule has 1 aliphatic carbocycles. The first-order valence-electron chi connectivity index (χ1n) is 11.1. The molecule has 5 heteroatoms. The van der Waals surface area contributed by atoms with Gasteiger partial charge in [-0.3, -0.25) is 4.79 Å². The Hall–Kier alpha value is -2.53. The number of anilines is 1. The van der Waals surface area contributed by atoms with E-state index in [4.69, 9.17) is 9.47 Å². The molecule has 1 amide bonds. The van der Waals surface area contributed by atoms with Gasteiger partial charge in [0.05, 0.1) is 7.11 Å². The van der Waals surface area contributed by atoms with E-state index in [1.54, 1.807) is 7.11 Å². The Balaban J connectivity index is 1.40. The number of amides is 1. The fourth-order valence-electron chi connectivity index (χ4n) is 4.56. The van der Waals surface area contributed by atoms with Crippen LogP contribution in [-0.2, 0) is 0 Å². The minimum absolute atomic E-state index is 0.113. The predicted molar refractivity (Wildman–Crippen MR) is 120 cm³/mol. The fourth-order valence-corrected chi connectivity index (χ4v) is 4.56. The van der Waals surface area contributed by atoms with Crippen molar-refractivity contribution in [3.63, 3.8) is 0 Å². The summed E-state index contributed by atoms with van der Waals surface area (Å²) in [5, 5.41) is 2.98. The third-order valence-corrected chi connectivity index (χ3v) is 6.31. The third kappa shape index (κ3) is 4.96. The van der Waals surface area contributed by atoms with Gasteiger partial charge in [0.15, 0.2) is 11.5 Å². The van der Waals surface area contributed by atoms with Crippen LogP contribution in [-0.4, -0.2) is 44.2 Å². The second-order valence-electron chi connectivity index (χ2n) is 8.57. The van der Waals surface area contributed by atoms with E-state index in [-0.39, 0.29) is 12.0 Å². The number of nitrogens with zero attached hydrogens (tertiary/aromatic N) is 1. The standard InChI is InChI=1S/C25H32N2O3/c1-27-15-14-22(17-27)30-23-13-12-21(16-24(23)29-2)26-25(28)20-10-8-19(9-11-20)18-6-4-3-5-7-18/h8-13,16,18,22H,3-7,14-15,17H2,1-2H3,(H,26,28). The van der Waals surface area contributed by atoms with Crippen LogP contribution in [0.1, 0.15) is 60.4 Å². The zero-order valence-electron chi connectivity index (χ0n) is 18.0. The van der Waals surface area contributed by atoms with Gasteiger partial charge in [-0.05, 0) is 62.1 Å². The molecule has 0 radical (unpaired) electrons. The third-order valence-electron chi connectivity index (χ3n) is 6.31. The second-order valence-corrected chi connectivity index (χ2v) is 8.57. The summed E-state index contributed by atoms with van der Waals surface area (Å²) in [6, 6.07) is 13.7. The first kappa shape index (κ1) is 20.7. The quantitative estimate of drug-likeness (QED) is 0.724. The van der Waals surface area contributed by atoms with E-state index in [0.29, 0.717) is 28.7 Å². The molecule has 4 rings (SSSR count). The highest BCUT2D eigenvalue weighted by atomic mass is 16.5. The van der Waals surface area contributed by atoms with E-state index in [1.165, 1.54) is 37.7 Å². The Labute approximate surface area is 179 Å². The lowest BCUT2D eigenvalue weighted by Crippen LogP contribution is -2.21. The zero-order chi connectivity index (χ0) is 20.9. The molecule has 1 aliphatic heterocycles. The highest BCUT2D eigenvalue weighted by molar-refractivity contribution is 6.04. The monoisotopic (exact) mass is 408 g/mol. The topological polar surface area (TPSA) is 50.8 Å². The molecule has 2 aliphatic rings. The number of carbonyl (C=O) groups excluding carboxylic acids is 1. The highest BCUT2D eigenvalue weighted by Gasteiger charge is 2.22. The van der Waals surface area contributed by atoms with Gasteiger partial charge in [0, 0.05) is 30.4 Å². The average Bonchev–Trinajstić information content (AvgIpc) is 3.20. The summed E-state index contributed by atoms with van der Waals surface area (Å²) in [5.74, 6) is 1.88. The van der Waals surface area contributed by atoms with E-state index < -0.39 is 0 Å². The molecule has 1 saturated carbocycles. The Kier molecular flexibility index (Phi) is 6.58. The number of likely N-dealkylation sites (tertiary alicyclic amines) is 1. The van der Waals surface area contributed by atoms with Gasteiger partial charge in [0.1, 0.15) is 6.10 Å². The molecule has 2 aromatic rings. The van der Waals surface area contributed by atoms with Crippen LogP contribution in [0.2, 0.25) is 0 Å². The van der Waals surface area contributed by atoms with Gasteiger partial charge < -0.3 is 19.7 Å². The van der Waals surface area contributed by atoms with Crippen LogP contribution in [0.5, 0.6) is 11.5 Å². The van der Waals surface area contributed by atoms with Gasteiger partial charge >= 0.3 is 0 Å². The summed E-state index contributed by atoms with van der Waals surface area (Å²) in [5.41, 5.74) is 2.72. The number of rotatable bonds is 6.